The Balaban J connectivity index is 2.24. The number of carbonyl (C=O) groups is 6. The molecule has 12 heteroatoms. The molecule has 0 unspecified atom stereocenters. The number of benzene rings is 4. The van der Waals surface area contributed by atoms with Crippen LogP contribution >= 0.6 is 0 Å². The average molecular weight is 633 g/mol. The van der Waals surface area contributed by atoms with Crippen LogP contribution in [0.25, 0.3) is 32.3 Å². The maximum absolute atomic E-state index is 13.2. The lowest BCUT2D eigenvalue weighted by Crippen LogP contribution is -2.28. The molecule has 0 bridgehead atoms. The van der Waals surface area contributed by atoms with Crippen LogP contribution in [0.15, 0.2) is 36.4 Å². The molecular formula is C34H32O12. The molecule has 0 heterocycles. The topological polar surface area (TPSA) is 158 Å². The molecule has 0 fully saturated rings. The van der Waals surface area contributed by atoms with E-state index in [9.17, 15) is 28.8 Å². The lowest BCUT2D eigenvalue weighted by Gasteiger charge is -2.22. The van der Waals surface area contributed by atoms with Crippen LogP contribution in [0.2, 0.25) is 0 Å². The van der Waals surface area contributed by atoms with Gasteiger partial charge in [0.05, 0.1) is 5.41 Å². The molecule has 4 rings (SSSR count). The van der Waals surface area contributed by atoms with Crippen molar-refractivity contribution < 1.29 is 57.2 Å². The van der Waals surface area contributed by atoms with Gasteiger partial charge in [0.1, 0.15) is 0 Å². The summed E-state index contributed by atoms with van der Waals surface area (Å²) in [5.41, 5.74) is -0.874. The number of ether oxygens (including phenoxy) is 6. The molecule has 0 aromatic heterocycles. The molecule has 0 aliphatic carbocycles. The van der Waals surface area contributed by atoms with Crippen molar-refractivity contribution in [1.82, 2.24) is 0 Å². The van der Waals surface area contributed by atoms with Gasteiger partial charge in [-0.25, -0.2) is 0 Å². The largest absolute Gasteiger partial charge is 0.423 e. The smallest absolute Gasteiger partial charge is 0.317 e. The molecule has 0 atom stereocenters. The van der Waals surface area contributed by atoms with Gasteiger partial charge < -0.3 is 28.4 Å². The van der Waals surface area contributed by atoms with Crippen LogP contribution in [0.3, 0.4) is 0 Å². The molecule has 46 heavy (non-hydrogen) atoms. The van der Waals surface area contributed by atoms with Gasteiger partial charge >= 0.3 is 35.8 Å². The van der Waals surface area contributed by atoms with Gasteiger partial charge in [-0.1, -0.05) is 6.92 Å². The molecule has 0 aliphatic heterocycles. The Morgan fingerprint density at radius 1 is 0.435 bits per heavy atom. The number of hydrogen-bond donors (Lipinski definition) is 0. The first-order chi connectivity index (χ1) is 21.5. The van der Waals surface area contributed by atoms with E-state index >= 15 is 0 Å². The van der Waals surface area contributed by atoms with Gasteiger partial charge in [-0.15, -0.1) is 0 Å². The summed E-state index contributed by atoms with van der Waals surface area (Å²) < 4.78 is 32.8. The standard InChI is InChI=1S/C34H32O12/c1-9-34(7,8)33(40)46-32-15-26-24-13-30(44-19(5)38)28(42-17(3)36)11-22(24)21-10-27(41-16(2)35)29(43-18(4)37)12-23(21)25(26)14-31(32)45-20(6)39/h10-15H,9H2,1-8H3. The van der Waals surface area contributed by atoms with E-state index in [-0.39, 0.29) is 34.5 Å². The van der Waals surface area contributed by atoms with Crippen LogP contribution in [0.5, 0.6) is 34.5 Å². The Morgan fingerprint density at radius 2 is 0.630 bits per heavy atom. The Morgan fingerprint density at radius 3 is 0.804 bits per heavy atom. The van der Waals surface area contributed by atoms with Crippen molar-refractivity contribution >= 4 is 68.1 Å². The first-order valence-corrected chi connectivity index (χ1v) is 14.2. The van der Waals surface area contributed by atoms with E-state index in [1.807, 2.05) is 6.92 Å². The van der Waals surface area contributed by atoms with Crippen LogP contribution in [0.1, 0.15) is 61.8 Å². The second-order valence-electron chi connectivity index (χ2n) is 11.1. The summed E-state index contributed by atoms with van der Waals surface area (Å²) in [6, 6.07) is 8.83. The SMILES string of the molecule is CCC(C)(C)C(=O)Oc1cc2c3cc(OC(C)=O)c(OC(C)=O)cc3c3cc(OC(C)=O)c(OC(C)=O)cc3c2cc1OC(C)=O. The average Bonchev–Trinajstić information content (AvgIpc) is 2.93. The minimum absolute atomic E-state index is 0.0651. The van der Waals surface area contributed by atoms with E-state index in [1.165, 1.54) is 71.0 Å². The Hall–Kier alpha value is -5.52. The van der Waals surface area contributed by atoms with E-state index in [2.05, 4.69) is 0 Å². The zero-order valence-corrected chi connectivity index (χ0v) is 26.6. The highest BCUT2D eigenvalue weighted by atomic mass is 16.6. The molecule has 240 valence electrons. The lowest BCUT2D eigenvalue weighted by molar-refractivity contribution is -0.144. The fraction of sp³-hybridized carbons (Fsp3) is 0.294. The quantitative estimate of drug-likeness (QED) is 0.125. The second kappa shape index (κ2) is 12.8. The van der Waals surface area contributed by atoms with Gasteiger partial charge in [0.25, 0.3) is 0 Å². The number of rotatable bonds is 8. The third-order valence-corrected chi connectivity index (χ3v) is 7.03. The lowest BCUT2D eigenvalue weighted by atomic mass is 9.90. The zero-order valence-electron chi connectivity index (χ0n) is 26.6. The summed E-state index contributed by atoms with van der Waals surface area (Å²) in [5.74, 6) is -4.47. The third-order valence-electron chi connectivity index (χ3n) is 7.03. The van der Waals surface area contributed by atoms with Gasteiger partial charge in [-0.2, -0.15) is 0 Å². The predicted molar refractivity (Wildman–Crippen MR) is 165 cm³/mol. The van der Waals surface area contributed by atoms with Gasteiger partial charge in [0.2, 0.25) is 0 Å². The monoisotopic (exact) mass is 632 g/mol. The van der Waals surface area contributed by atoms with Gasteiger partial charge in [-0.3, -0.25) is 28.8 Å². The maximum Gasteiger partial charge on any atom is 0.317 e. The Labute approximate surface area is 263 Å². The van der Waals surface area contributed by atoms with E-state index < -0.39 is 41.2 Å². The molecule has 0 N–H and O–H groups in total. The molecule has 4 aromatic rings. The fourth-order valence-corrected chi connectivity index (χ4v) is 4.65. The Bertz CT molecular complexity index is 1920. The maximum atomic E-state index is 13.2. The van der Waals surface area contributed by atoms with Crippen LogP contribution in [-0.2, 0) is 28.8 Å². The number of carbonyl (C=O) groups excluding carboxylic acids is 6. The van der Waals surface area contributed by atoms with Crippen LogP contribution in [-0.4, -0.2) is 35.8 Å². The molecule has 0 aliphatic rings. The highest BCUT2D eigenvalue weighted by Gasteiger charge is 2.30. The van der Waals surface area contributed by atoms with Crippen molar-refractivity contribution in [2.75, 3.05) is 0 Å². The summed E-state index contributed by atoms with van der Waals surface area (Å²) in [6.45, 7) is 11.2. The summed E-state index contributed by atoms with van der Waals surface area (Å²) in [4.78, 5) is 73.3. The normalized spacial score (nSPS) is 11.2. The van der Waals surface area contributed by atoms with Gasteiger partial charge in [-0.05, 0) is 89.0 Å². The summed E-state index contributed by atoms with van der Waals surface area (Å²) >= 11 is 0. The molecule has 12 nitrogen and oxygen atoms in total. The first kappa shape index (κ1) is 33.4. The number of hydrogen-bond acceptors (Lipinski definition) is 12. The second-order valence-corrected chi connectivity index (χ2v) is 11.1. The summed E-state index contributed by atoms with van der Waals surface area (Å²) in [7, 11) is 0. The molecule has 0 saturated heterocycles. The minimum Gasteiger partial charge on any atom is -0.423 e. The molecule has 0 spiro atoms. The summed E-state index contributed by atoms with van der Waals surface area (Å²) in [6.07, 6.45) is 0.462. The summed E-state index contributed by atoms with van der Waals surface area (Å²) in [5, 5.41) is 2.53. The van der Waals surface area contributed by atoms with Crippen molar-refractivity contribution in [3.63, 3.8) is 0 Å². The van der Waals surface area contributed by atoms with E-state index in [4.69, 9.17) is 28.4 Å². The predicted octanol–water partition coefficient (Wildman–Crippen LogP) is 6.11. The molecular weight excluding hydrogens is 600 g/mol. The van der Waals surface area contributed by atoms with Gasteiger partial charge in [0.15, 0.2) is 34.5 Å². The minimum atomic E-state index is -0.874. The van der Waals surface area contributed by atoms with Crippen LogP contribution in [0.4, 0.5) is 0 Å². The number of esters is 6. The zero-order chi connectivity index (χ0) is 34.1. The Kier molecular flexibility index (Phi) is 9.31. The van der Waals surface area contributed by atoms with E-state index in [0.717, 1.165) is 0 Å². The van der Waals surface area contributed by atoms with Gasteiger partial charge in [0, 0.05) is 34.6 Å². The molecule has 0 radical (unpaired) electrons. The molecule has 4 aromatic carbocycles. The van der Waals surface area contributed by atoms with Crippen molar-refractivity contribution in [3.8, 4) is 34.5 Å². The van der Waals surface area contributed by atoms with Crippen molar-refractivity contribution in [2.45, 2.75) is 61.8 Å². The first-order valence-electron chi connectivity index (χ1n) is 14.2. The highest BCUT2D eigenvalue weighted by molar-refractivity contribution is 6.27. The fourth-order valence-electron chi connectivity index (χ4n) is 4.65. The van der Waals surface area contributed by atoms with E-state index in [1.54, 1.807) is 13.8 Å². The number of fused-ring (bicyclic) bond motifs is 6. The molecule has 0 saturated carbocycles. The molecule has 0 amide bonds. The van der Waals surface area contributed by atoms with Crippen molar-refractivity contribution in [3.05, 3.63) is 36.4 Å². The van der Waals surface area contributed by atoms with E-state index in [0.29, 0.717) is 38.7 Å². The third kappa shape index (κ3) is 7.06. The van der Waals surface area contributed by atoms with Crippen molar-refractivity contribution in [1.29, 1.82) is 0 Å². The van der Waals surface area contributed by atoms with Crippen LogP contribution < -0.4 is 28.4 Å². The highest BCUT2D eigenvalue weighted by Crippen LogP contribution is 2.47. The van der Waals surface area contributed by atoms with Crippen molar-refractivity contribution in [2.24, 2.45) is 5.41 Å². The van der Waals surface area contributed by atoms with Crippen LogP contribution in [0, 0.1) is 5.41 Å².